The molecule has 1 aromatic rings. The van der Waals surface area contributed by atoms with Crippen LogP contribution in [-0.4, -0.2) is 45.9 Å². The molecule has 1 aromatic carbocycles. The largest absolute Gasteiger partial charge is 0.507 e. The Morgan fingerprint density at radius 2 is 1.87 bits per heavy atom. The van der Waals surface area contributed by atoms with E-state index in [1.807, 2.05) is 19.1 Å². The Kier molecular flexibility index (Phi) is 4.90. The molecule has 1 saturated carbocycles. The first-order valence-electron chi connectivity index (χ1n) is 10.3. The van der Waals surface area contributed by atoms with Crippen molar-refractivity contribution in [2.75, 3.05) is 7.11 Å². The molecule has 0 bridgehead atoms. The average Bonchev–Trinajstić information content (AvgIpc) is 3.19. The molecule has 1 aliphatic carbocycles. The highest BCUT2D eigenvalue weighted by atomic mass is 16.6. The Labute approximate surface area is 174 Å². The van der Waals surface area contributed by atoms with E-state index in [0.29, 0.717) is 28.9 Å². The second kappa shape index (κ2) is 7.06. The molecule has 162 valence electrons. The monoisotopic (exact) mass is 417 g/mol. The van der Waals surface area contributed by atoms with Crippen LogP contribution in [0, 0.1) is 37.5 Å². The number of aryl methyl sites for hydroxylation is 2. The number of rotatable bonds is 2. The summed E-state index contributed by atoms with van der Waals surface area (Å²) in [7, 11) is 1.13. The molecule has 30 heavy (non-hydrogen) atoms. The number of hydrogen-bond acceptors (Lipinski definition) is 7. The lowest BCUT2D eigenvalue weighted by atomic mass is 9.64. The number of benzene rings is 1. The van der Waals surface area contributed by atoms with E-state index in [1.165, 1.54) is 0 Å². The minimum Gasteiger partial charge on any atom is -0.507 e. The first kappa shape index (κ1) is 20.8. The molecular weight excluding hydrogens is 390 g/mol. The van der Waals surface area contributed by atoms with Crippen molar-refractivity contribution >= 4 is 17.9 Å². The van der Waals surface area contributed by atoms with Gasteiger partial charge in [0.25, 0.3) is 0 Å². The highest BCUT2D eigenvalue weighted by Crippen LogP contribution is 2.59. The molecule has 2 aliphatic heterocycles. The van der Waals surface area contributed by atoms with Crippen molar-refractivity contribution in [2.45, 2.75) is 51.9 Å². The van der Waals surface area contributed by atoms with Gasteiger partial charge in [0.15, 0.2) is 5.79 Å². The molecule has 0 spiro atoms. The molecule has 4 rings (SSSR count). The van der Waals surface area contributed by atoms with Crippen LogP contribution in [-0.2, 0) is 19.1 Å². The Morgan fingerprint density at radius 1 is 1.23 bits per heavy atom. The number of carbonyl (C=O) groups excluding carboxylic acids is 3. The molecule has 8 heteroatoms. The van der Waals surface area contributed by atoms with Gasteiger partial charge in [-0.15, -0.1) is 0 Å². The van der Waals surface area contributed by atoms with E-state index < -0.39 is 47.6 Å². The zero-order chi connectivity index (χ0) is 22.0. The van der Waals surface area contributed by atoms with Crippen LogP contribution < -0.4 is 0 Å². The van der Waals surface area contributed by atoms with Crippen LogP contribution in [0.2, 0.25) is 0 Å². The number of amides is 3. The van der Waals surface area contributed by atoms with Gasteiger partial charge in [-0.25, -0.2) is 4.79 Å². The van der Waals surface area contributed by atoms with Gasteiger partial charge >= 0.3 is 6.09 Å². The minimum atomic E-state index is -1.57. The molecule has 3 fully saturated rings. The number of fused-ring (bicyclic) bond motifs is 3. The van der Waals surface area contributed by atoms with E-state index >= 15 is 0 Å². The summed E-state index contributed by atoms with van der Waals surface area (Å²) in [5.74, 6) is -5.00. The number of nitrogens with zero attached hydrogens (tertiary/aromatic N) is 1. The number of imide groups is 3. The van der Waals surface area contributed by atoms with Gasteiger partial charge in [0.2, 0.25) is 11.8 Å². The summed E-state index contributed by atoms with van der Waals surface area (Å²) in [6.45, 7) is 5.49. The first-order chi connectivity index (χ1) is 14.1. The van der Waals surface area contributed by atoms with Gasteiger partial charge in [-0.3, -0.25) is 9.59 Å². The van der Waals surface area contributed by atoms with Crippen LogP contribution in [0.3, 0.4) is 0 Å². The second-order valence-corrected chi connectivity index (χ2v) is 8.66. The predicted octanol–water partition coefficient (Wildman–Crippen LogP) is 2.57. The summed E-state index contributed by atoms with van der Waals surface area (Å²) < 4.78 is 10.8. The molecule has 8 nitrogen and oxygen atoms in total. The van der Waals surface area contributed by atoms with Crippen molar-refractivity contribution in [1.29, 1.82) is 0 Å². The molecule has 2 N–H and O–H groups in total. The van der Waals surface area contributed by atoms with Crippen molar-refractivity contribution < 1.29 is 34.1 Å². The maximum Gasteiger partial charge on any atom is 0.423 e. The molecule has 3 amide bonds. The molecule has 0 unspecified atom stereocenters. The van der Waals surface area contributed by atoms with Crippen LogP contribution in [0.15, 0.2) is 12.1 Å². The van der Waals surface area contributed by atoms with Crippen LogP contribution in [0.4, 0.5) is 4.79 Å². The smallest absolute Gasteiger partial charge is 0.423 e. The highest BCUT2D eigenvalue weighted by Gasteiger charge is 2.67. The lowest BCUT2D eigenvalue weighted by molar-refractivity contribution is -0.269. The number of ether oxygens (including phenoxy) is 2. The maximum absolute atomic E-state index is 13.0. The third-order valence-electron chi connectivity index (χ3n) is 7.10. The van der Waals surface area contributed by atoms with Gasteiger partial charge in [0, 0.05) is 11.8 Å². The second-order valence-electron chi connectivity index (χ2n) is 8.66. The fourth-order valence-electron chi connectivity index (χ4n) is 5.60. The molecule has 2 heterocycles. The van der Waals surface area contributed by atoms with Crippen molar-refractivity contribution in [3.8, 4) is 5.75 Å². The van der Waals surface area contributed by atoms with Crippen molar-refractivity contribution in [3.63, 3.8) is 0 Å². The molecular formula is C22H27NO7. The summed E-state index contributed by atoms with van der Waals surface area (Å²) in [4.78, 5) is 38.5. The van der Waals surface area contributed by atoms with E-state index in [9.17, 15) is 24.6 Å². The van der Waals surface area contributed by atoms with Gasteiger partial charge in [0.1, 0.15) is 5.75 Å². The number of carbonyl (C=O) groups is 3. The topological polar surface area (TPSA) is 113 Å². The third-order valence-corrected chi connectivity index (χ3v) is 7.10. The third kappa shape index (κ3) is 2.77. The van der Waals surface area contributed by atoms with Crippen LogP contribution in [0.5, 0.6) is 5.75 Å². The van der Waals surface area contributed by atoms with E-state index in [0.717, 1.165) is 12.7 Å². The molecule has 2 saturated heterocycles. The molecule has 3 aliphatic rings. The zero-order valence-electron chi connectivity index (χ0n) is 17.5. The minimum absolute atomic E-state index is 0.213. The summed E-state index contributed by atoms with van der Waals surface area (Å²) in [5.41, 5.74) is 2.20. The number of aromatic hydroxyl groups is 1. The van der Waals surface area contributed by atoms with Crippen molar-refractivity contribution in [3.05, 3.63) is 28.8 Å². The Morgan fingerprint density at radius 3 is 2.43 bits per heavy atom. The number of hydrogen-bond donors (Lipinski definition) is 2. The number of phenolic OH excluding ortho intramolecular Hbond substituents is 1. The normalized spacial score (nSPS) is 35.4. The van der Waals surface area contributed by atoms with Crippen LogP contribution in [0.25, 0.3) is 0 Å². The first-order valence-corrected chi connectivity index (χ1v) is 10.3. The van der Waals surface area contributed by atoms with Crippen LogP contribution >= 0.6 is 0 Å². The van der Waals surface area contributed by atoms with Crippen molar-refractivity contribution in [2.24, 2.45) is 23.7 Å². The van der Waals surface area contributed by atoms with E-state index in [2.05, 4.69) is 4.74 Å². The maximum atomic E-state index is 13.0. The summed E-state index contributed by atoms with van der Waals surface area (Å²) >= 11 is 0. The fourth-order valence-corrected chi connectivity index (χ4v) is 5.60. The summed E-state index contributed by atoms with van der Waals surface area (Å²) in [6.07, 6.45) is -0.300. The summed E-state index contributed by atoms with van der Waals surface area (Å²) in [6, 6.07) is 3.63. The molecule has 6 atom stereocenters. The molecule has 0 aromatic heterocycles. The SMILES string of the molecule is CC[C@H]1C[C@@H]2C(=O)N(C(=O)OC)C(=O)[C@@H]2[C@@H]2C[C@@H](c3cc(C)c(O)c(C)c3)O[C@]12O. The lowest BCUT2D eigenvalue weighted by Crippen LogP contribution is -2.53. The Bertz CT molecular complexity index is 905. The van der Waals surface area contributed by atoms with Gasteiger partial charge in [-0.2, -0.15) is 4.90 Å². The standard InChI is InChI=1S/C22H27NO7/c1-5-13-8-14-17(20(26)23(19(14)25)21(27)29-4)15-9-16(30-22(13,15)28)12-6-10(2)18(24)11(3)7-12/h6-7,13-17,24,28H,5,8-9H2,1-4H3/t13-,14-,15-,16-,17-,22+/m0/s1. The van der Waals surface area contributed by atoms with Crippen molar-refractivity contribution in [1.82, 2.24) is 4.90 Å². The lowest BCUT2D eigenvalue weighted by Gasteiger charge is -2.44. The fraction of sp³-hybridized carbons (Fsp3) is 0.591. The Hall–Kier alpha value is -2.45. The number of phenols is 1. The molecule has 0 radical (unpaired) electrons. The van der Waals surface area contributed by atoms with E-state index in [4.69, 9.17) is 4.74 Å². The number of aliphatic hydroxyl groups is 1. The Balaban J connectivity index is 1.73. The number of methoxy groups -OCH3 is 1. The van der Waals surface area contributed by atoms with E-state index in [-0.39, 0.29) is 18.1 Å². The summed E-state index contributed by atoms with van der Waals surface area (Å²) in [5, 5.41) is 21.6. The van der Waals surface area contributed by atoms with Gasteiger partial charge in [-0.1, -0.05) is 6.92 Å². The highest BCUT2D eigenvalue weighted by molar-refractivity contribution is 6.15. The zero-order valence-corrected chi connectivity index (χ0v) is 17.5. The van der Waals surface area contributed by atoms with Gasteiger partial charge in [0.05, 0.1) is 25.0 Å². The van der Waals surface area contributed by atoms with Crippen LogP contribution in [0.1, 0.15) is 49.0 Å². The van der Waals surface area contributed by atoms with Gasteiger partial charge < -0.3 is 19.7 Å². The van der Waals surface area contributed by atoms with E-state index in [1.54, 1.807) is 13.8 Å². The van der Waals surface area contributed by atoms with Gasteiger partial charge in [-0.05, 0) is 61.9 Å². The average molecular weight is 417 g/mol. The quantitative estimate of drug-likeness (QED) is 0.711. The number of likely N-dealkylation sites (tertiary alicyclic amines) is 1. The predicted molar refractivity (Wildman–Crippen MR) is 104 cm³/mol.